The molecule has 2 heterocycles. The van der Waals surface area contributed by atoms with E-state index in [9.17, 15) is 26.7 Å². The first kappa shape index (κ1) is 19.7. The molecule has 1 amide bonds. The van der Waals surface area contributed by atoms with E-state index in [0.717, 1.165) is 19.3 Å². The number of amides is 1. The standard InChI is InChI=1S/C20H21F5N4O/c1-10-2-15(19(21,22)20(23,24)25)29-16(26-10)6-14(28-29)17(30)27-18-7-11-3-12(8-18)5-13(4-11)9-18/h2,6,11-13H,3-5,7-9H2,1H3,(H,27,30). The first-order valence-electron chi connectivity index (χ1n) is 10.1. The normalized spacial score (nSPS) is 30.8. The number of hydrogen-bond donors (Lipinski definition) is 1. The van der Waals surface area contributed by atoms with Crippen LogP contribution < -0.4 is 5.32 Å². The fourth-order valence-electron chi connectivity index (χ4n) is 6.15. The van der Waals surface area contributed by atoms with Gasteiger partial charge in [0, 0.05) is 17.3 Å². The van der Waals surface area contributed by atoms with Crippen LogP contribution >= 0.6 is 0 Å². The molecular formula is C20H21F5N4O. The summed E-state index contributed by atoms with van der Waals surface area (Å²) < 4.78 is 67.4. The van der Waals surface area contributed by atoms with Gasteiger partial charge in [0.1, 0.15) is 5.69 Å². The first-order valence-corrected chi connectivity index (χ1v) is 10.1. The van der Waals surface area contributed by atoms with Gasteiger partial charge in [-0.25, -0.2) is 9.50 Å². The number of halogens is 5. The predicted octanol–water partition coefficient (Wildman–Crippen LogP) is 4.39. The minimum Gasteiger partial charge on any atom is -0.345 e. The van der Waals surface area contributed by atoms with Gasteiger partial charge in [0.2, 0.25) is 0 Å². The molecule has 0 saturated heterocycles. The number of aromatic nitrogens is 3. The maximum absolute atomic E-state index is 14.1. The summed E-state index contributed by atoms with van der Waals surface area (Å²) in [7, 11) is 0. The Hall–Kier alpha value is -2.26. The quantitative estimate of drug-likeness (QED) is 0.738. The van der Waals surface area contributed by atoms with Crippen molar-refractivity contribution in [3.8, 4) is 0 Å². The largest absolute Gasteiger partial charge is 0.459 e. The molecule has 4 aliphatic carbocycles. The second kappa shape index (κ2) is 6.13. The molecule has 0 spiro atoms. The molecule has 4 fully saturated rings. The molecule has 30 heavy (non-hydrogen) atoms. The van der Waals surface area contributed by atoms with Crippen molar-refractivity contribution in [3.05, 3.63) is 29.2 Å². The van der Waals surface area contributed by atoms with Crippen LogP contribution in [0.25, 0.3) is 5.65 Å². The van der Waals surface area contributed by atoms with Crippen LogP contribution in [0.1, 0.15) is 60.4 Å². The summed E-state index contributed by atoms with van der Waals surface area (Å²) >= 11 is 0. The Balaban J connectivity index is 1.48. The summed E-state index contributed by atoms with van der Waals surface area (Å²) in [6.07, 6.45) is 0.404. The lowest BCUT2D eigenvalue weighted by Crippen LogP contribution is -2.59. The molecule has 4 saturated carbocycles. The molecule has 0 aromatic carbocycles. The van der Waals surface area contributed by atoms with Crippen LogP contribution in [0, 0.1) is 24.7 Å². The van der Waals surface area contributed by atoms with Gasteiger partial charge < -0.3 is 5.32 Å². The lowest BCUT2D eigenvalue weighted by atomic mass is 9.53. The van der Waals surface area contributed by atoms with E-state index >= 15 is 0 Å². The van der Waals surface area contributed by atoms with E-state index in [4.69, 9.17) is 0 Å². The second-order valence-corrected chi connectivity index (χ2v) is 9.31. The van der Waals surface area contributed by atoms with E-state index in [2.05, 4.69) is 15.4 Å². The van der Waals surface area contributed by atoms with Crippen LogP contribution in [-0.2, 0) is 5.92 Å². The molecule has 2 aromatic heterocycles. The third-order valence-electron chi connectivity index (χ3n) is 6.88. The third kappa shape index (κ3) is 2.98. The summed E-state index contributed by atoms with van der Waals surface area (Å²) in [5.74, 6) is -3.93. The van der Waals surface area contributed by atoms with Crippen LogP contribution in [0.4, 0.5) is 22.0 Å². The highest BCUT2D eigenvalue weighted by Gasteiger charge is 2.60. The number of aryl methyl sites for hydroxylation is 1. The average molecular weight is 428 g/mol. The van der Waals surface area contributed by atoms with Crippen molar-refractivity contribution in [1.29, 1.82) is 0 Å². The third-order valence-corrected chi connectivity index (χ3v) is 6.88. The topological polar surface area (TPSA) is 59.3 Å². The zero-order valence-corrected chi connectivity index (χ0v) is 16.3. The number of hydrogen-bond acceptors (Lipinski definition) is 3. The lowest BCUT2D eigenvalue weighted by molar-refractivity contribution is -0.291. The molecule has 5 nitrogen and oxygen atoms in total. The maximum Gasteiger partial charge on any atom is 0.459 e. The van der Waals surface area contributed by atoms with Gasteiger partial charge >= 0.3 is 12.1 Å². The summed E-state index contributed by atoms with van der Waals surface area (Å²) in [5, 5.41) is 6.85. The van der Waals surface area contributed by atoms with Crippen molar-refractivity contribution in [3.63, 3.8) is 0 Å². The Kier molecular flexibility index (Phi) is 4.03. The zero-order chi connectivity index (χ0) is 21.5. The van der Waals surface area contributed by atoms with Gasteiger partial charge in [0.15, 0.2) is 11.3 Å². The summed E-state index contributed by atoms with van der Waals surface area (Å²) in [5.41, 5.74) is -2.13. The molecule has 2 aromatic rings. The number of carbonyl (C=O) groups is 1. The lowest BCUT2D eigenvalue weighted by Gasteiger charge is -2.56. The van der Waals surface area contributed by atoms with Crippen molar-refractivity contribution in [1.82, 2.24) is 19.9 Å². The number of nitrogens with one attached hydrogen (secondary N) is 1. The van der Waals surface area contributed by atoms with Crippen LogP contribution in [-0.4, -0.2) is 32.2 Å². The number of carbonyl (C=O) groups excluding carboxylic acids is 1. The van der Waals surface area contributed by atoms with E-state index in [0.29, 0.717) is 28.3 Å². The average Bonchev–Trinajstić information content (AvgIpc) is 3.02. The van der Waals surface area contributed by atoms with Gasteiger partial charge in [-0.3, -0.25) is 4.79 Å². The van der Waals surface area contributed by atoms with E-state index in [1.165, 1.54) is 32.3 Å². The monoisotopic (exact) mass is 428 g/mol. The summed E-state index contributed by atoms with van der Waals surface area (Å²) in [6.45, 7) is 1.32. The Morgan fingerprint density at radius 3 is 2.17 bits per heavy atom. The Morgan fingerprint density at radius 2 is 1.63 bits per heavy atom. The minimum absolute atomic E-state index is 0.0191. The minimum atomic E-state index is -5.79. The van der Waals surface area contributed by atoms with Crippen molar-refractivity contribution < 1.29 is 26.7 Å². The molecule has 4 aliphatic rings. The van der Waals surface area contributed by atoms with Crippen molar-refractivity contribution in [2.45, 2.75) is 63.1 Å². The number of alkyl halides is 5. The van der Waals surface area contributed by atoms with Crippen LogP contribution in [0.3, 0.4) is 0 Å². The van der Waals surface area contributed by atoms with Crippen molar-refractivity contribution in [2.75, 3.05) is 0 Å². The molecular weight excluding hydrogens is 407 g/mol. The molecule has 1 N–H and O–H groups in total. The first-order chi connectivity index (χ1) is 14.0. The molecule has 10 heteroatoms. The highest BCUT2D eigenvalue weighted by molar-refractivity contribution is 5.93. The van der Waals surface area contributed by atoms with Gasteiger partial charge in [0.05, 0.1) is 0 Å². The SMILES string of the molecule is Cc1cc(C(F)(F)C(F)(F)F)n2nc(C(=O)NC34CC5CC(CC(C5)C3)C4)cc2n1. The van der Waals surface area contributed by atoms with Crippen molar-refractivity contribution >= 4 is 11.6 Å². The fraction of sp³-hybridized carbons (Fsp3) is 0.650. The Labute approximate surface area is 169 Å². The molecule has 6 rings (SSSR count). The summed E-state index contributed by atoms with van der Waals surface area (Å²) in [4.78, 5) is 16.9. The summed E-state index contributed by atoms with van der Waals surface area (Å²) in [6, 6.07) is 1.81. The second-order valence-electron chi connectivity index (χ2n) is 9.31. The molecule has 0 radical (unpaired) electrons. The number of fused-ring (bicyclic) bond motifs is 1. The van der Waals surface area contributed by atoms with Crippen molar-refractivity contribution in [2.24, 2.45) is 17.8 Å². The van der Waals surface area contributed by atoms with Gasteiger partial charge in [-0.05, 0) is 69.3 Å². The van der Waals surface area contributed by atoms with Gasteiger partial charge in [-0.1, -0.05) is 0 Å². The van der Waals surface area contributed by atoms with E-state index in [1.54, 1.807) is 0 Å². The highest BCUT2D eigenvalue weighted by Crippen LogP contribution is 2.55. The van der Waals surface area contributed by atoms with Gasteiger partial charge in [0.25, 0.3) is 5.91 Å². The molecule has 162 valence electrons. The van der Waals surface area contributed by atoms with Crippen LogP contribution in [0.2, 0.25) is 0 Å². The molecule has 0 atom stereocenters. The number of nitrogens with zero attached hydrogens (tertiary/aromatic N) is 3. The maximum atomic E-state index is 14.1. The smallest absolute Gasteiger partial charge is 0.345 e. The van der Waals surface area contributed by atoms with E-state index in [-0.39, 0.29) is 22.6 Å². The zero-order valence-electron chi connectivity index (χ0n) is 16.3. The Bertz CT molecular complexity index is 993. The van der Waals surface area contributed by atoms with Gasteiger partial charge in [-0.2, -0.15) is 27.1 Å². The molecule has 0 unspecified atom stereocenters. The number of rotatable bonds is 3. The fourth-order valence-corrected chi connectivity index (χ4v) is 6.15. The van der Waals surface area contributed by atoms with Gasteiger partial charge in [-0.15, -0.1) is 0 Å². The van der Waals surface area contributed by atoms with E-state index in [1.807, 2.05) is 0 Å². The van der Waals surface area contributed by atoms with Crippen LogP contribution in [0.5, 0.6) is 0 Å². The predicted molar refractivity (Wildman–Crippen MR) is 96.0 cm³/mol. The Morgan fingerprint density at radius 1 is 1.07 bits per heavy atom. The van der Waals surface area contributed by atoms with E-state index < -0.39 is 23.7 Å². The highest BCUT2D eigenvalue weighted by atomic mass is 19.4. The molecule has 4 bridgehead atoms. The van der Waals surface area contributed by atoms with Crippen LogP contribution in [0.15, 0.2) is 12.1 Å². The molecule has 0 aliphatic heterocycles.